The third kappa shape index (κ3) is 6.04. The second-order valence-electron chi connectivity index (χ2n) is 6.86. The van der Waals surface area contributed by atoms with E-state index in [9.17, 15) is 14.7 Å². The molecule has 8 heteroatoms. The van der Waals surface area contributed by atoms with E-state index in [0.29, 0.717) is 34.1 Å². The Morgan fingerprint density at radius 1 is 0.818 bits per heavy atom. The van der Waals surface area contributed by atoms with Crippen molar-refractivity contribution < 1.29 is 28.9 Å². The van der Waals surface area contributed by atoms with E-state index in [1.807, 2.05) is 0 Å². The van der Waals surface area contributed by atoms with E-state index in [2.05, 4.69) is 10.6 Å². The fraction of sp³-hybridized carbons (Fsp3) is 0.120. The van der Waals surface area contributed by atoms with Crippen LogP contribution in [-0.2, 0) is 4.79 Å². The van der Waals surface area contributed by atoms with Gasteiger partial charge in [-0.1, -0.05) is 6.07 Å². The average molecular weight is 448 g/mol. The number of methoxy groups -OCH3 is 3. The smallest absolute Gasteiger partial charge is 0.272 e. The molecule has 170 valence electrons. The highest BCUT2D eigenvalue weighted by Gasteiger charge is 2.16. The second kappa shape index (κ2) is 10.7. The molecule has 2 amide bonds. The molecule has 0 radical (unpaired) electrons. The highest BCUT2D eigenvalue weighted by Crippen LogP contribution is 2.28. The molecule has 0 atom stereocenters. The Hall–Kier alpha value is -4.46. The minimum absolute atomic E-state index is 0.0103. The monoisotopic (exact) mass is 448 g/mol. The van der Waals surface area contributed by atoms with Gasteiger partial charge in [0, 0.05) is 11.3 Å². The lowest BCUT2D eigenvalue weighted by Crippen LogP contribution is -2.30. The van der Waals surface area contributed by atoms with Gasteiger partial charge in [0.05, 0.1) is 21.3 Å². The number of rotatable bonds is 8. The van der Waals surface area contributed by atoms with Gasteiger partial charge in [0.15, 0.2) is 11.5 Å². The van der Waals surface area contributed by atoms with Crippen LogP contribution in [0.25, 0.3) is 6.08 Å². The first-order valence-electron chi connectivity index (χ1n) is 9.93. The number of amides is 2. The number of carbonyl (C=O) groups excluding carboxylic acids is 2. The fourth-order valence-electron chi connectivity index (χ4n) is 2.95. The van der Waals surface area contributed by atoms with Crippen LogP contribution in [0.2, 0.25) is 0 Å². The lowest BCUT2D eigenvalue weighted by atomic mass is 10.1. The number of nitrogens with one attached hydrogen (secondary N) is 2. The summed E-state index contributed by atoms with van der Waals surface area (Å²) < 4.78 is 15.7. The van der Waals surface area contributed by atoms with Gasteiger partial charge in [0.25, 0.3) is 11.8 Å². The summed E-state index contributed by atoms with van der Waals surface area (Å²) in [6, 6.07) is 17.6. The van der Waals surface area contributed by atoms with Gasteiger partial charge in [-0.2, -0.15) is 0 Å². The highest BCUT2D eigenvalue weighted by atomic mass is 16.5. The molecule has 0 spiro atoms. The number of ether oxygens (including phenoxy) is 3. The van der Waals surface area contributed by atoms with Crippen molar-refractivity contribution in [3.05, 3.63) is 83.6 Å². The van der Waals surface area contributed by atoms with Crippen molar-refractivity contribution >= 4 is 23.6 Å². The van der Waals surface area contributed by atoms with E-state index in [0.717, 1.165) is 0 Å². The summed E-state index contributed by atoms with van der Waals surface area (Å²) in [6.07, 6.45) is 1.53. The first kappa shape index (κ1) is 23.2. The van der Waals surface area contributed by atoms with Gasteiger partial charge in [0.2, 0.25) is 0 Å². The SMILES string of the molecule is COc1ccc(C(=O)NC(=Cc2ccc(OC)c(OC)c2)C(=O)Nc2ccc(O)cc2)cc1. The molecule has 0 unspecified atom stereocenters. The maximum atomic E-state index is 13.0. The van der Waals surface area contributed by atoms with Crippen LogP contribution in [0, 0.1) is 0 Å². The standard InChI is InChI=1S/C25H24N2O6/c1-31-20-11-5-17(6-12-20)24(29)27-21(25(30)26-18-7-9-19(28)10-8-18)14-16-4-13-22(32-2)23(15-16)33-3/h4-15,28H,1-3H3,(H,26,30)(H,27,29). The van der Waals surface area contributed by atoms with Gasteiger partial charge >= 0.3 is 0 Å². The zero-order valence-corrected chi connectivity index (χ0v) is 18.4. The highest BCUT2D eigenvalue weighted by molar-refractivity contribution is 6.10. The molecule has 0 saturated carbocycles. The van der Waals surface area contributed by atoms with Gasteiger partial charge < -0.3 is 30.0 Å². The molecular formula is C25H24N2O6. The van der Waals surface area contributed by atoms with Gasteiger partial charge in [-0.15, -0.1) is 0 Å². The Morgan fingerprint density at radius 2 is 1.48 bits per heavy atom. The molecule has 3 aromatic rings. The molecule has 3 N–H and O–H groups in total. The molecule has 0 aliphatic carbocycles. The normalized spacial score (nSPS) is 10.8. The van der Waals surface area contributed by atoms with Crippen LogP contribution in [0.1, 0.15) is 15.9 Å². The van der Waals surface area contributed by atoms with Gasteiger partial charge in [-0.25, -0.2) is 0 Å². The lowest BCUT2D eigenvalue weighted by Gasteiger charge is -2.13. The number of hydrogen-bond donors (Lipinski definition) is 3. The minimum atomic E-state index is -0.544. The summed E-state index contributed by atoms with van der Waals surface area (Å²) in [5.41, 5.74) is 1.43. The maximum Gasteiger partial charge on any atom is 0.272 e. The van der Waals surface area contributed by atoms with E-state index in [1.165, 1.54) is 39.5 Å². The molecule has 0 fully saturated rings. The van der Waals surface area contributed by atoms with Crippen LogP contribution < -0.4 is 24.8 Å². The van der Waals surface area contributed by atoms with Gasteiger partial charge in [-0.3, -0.25) is 9.59 Å². The topological polar surface area (TPSA) is 106 Å². The number of phenols is 1. The summed E-state index contributed by atoms with van der Waals surface area (Å²) in [7, 11) is 4.57. The Morgan fingerprint density at radius 3 is 2.09 bits per heavy atom. The minimum Gasteiger partial charge on any atom is -0.508 e. The largest absolute Gasteiger partial charge is 0.508 e. The van der Waals surface area contributed by atoms with Crippen LogP contribution in [-0.4, -0.2) is 38.3 Å². The van der Waals surface area contributed by atoms with Crippen molar-refractivity contribution in [2.24, 2.45) is 0 Å². The zero-order chi connectivity index (χ0) is 23.8. The summed E-state index contributed by atoms with van der Waals surface area (Å²) in [5.74, 6) is 0.681. The van der Waals surface area contributed by atoms with Crippen molar-refractivity contribution in [3.8, 4) is 23.0 Å². The number of aromatic hydroxyl groups is 1. The fourth-order valence-corrected chi connectivity index (χ4v) is 2.95. The van der Waals surface area contributed by atoms with Gasteiger partial charge in [0.1, 0.15) is 17.2 Å². The van der Waals surface area contributed by atoms with Crippen LogP contribution in [0.5, 0.6) is 23.0 Å². The van der Waals surface area contributed by atoms with Crippen LogP contribution >= 0.6 is 0 Å². The van der Waals surface area contributed by atoms with Crippen molar-refractivity contribution in [2.45, 2.75) is 0 Å². The molecule has 0 bridgehead atoms. The van der Waals surface area contributed by atoms with E-state index in [4.69, 9.17) is 14.2 Å². The lowest BCUT2D eigenvalue weighted by molar-refractivity contribution is -0.113. The molecule has 3 rings (SSSR count). The second-order valence-corrected chi connectivity index (χ2v) is 6.86. The summed E-state index contributed by atoms with van der Waals surface area (Å²) in [6.45, 7) is 0. The summed E-state index contributed by atoms with van der Waals surface area (Å²) >= 11 is 0. The Labute approximate surface area is 191 Å². The Kier molecular flexibility index (Phi) is 7.54. The van der Waals surface area contributed by atoms with Gasteiger partial charge in [-0.05, 0) is 72.3 Å². The predicted molar refractivity (Wildman–Crippen MR) is 125 cm³/mol. The number of anilines is 1. The van der Waals surface area contributed by atoms with Crippen LogP contribution in [0.4, 0.5) is 5.69 Å². The third-order valence-electron chi connectivity index (χ3n) is 4.69. The molecule has 0 aromatic heterocycles. The number of hydrogen-bond acceptors (Lipinski definition) is 6. The van der Waals surface area contributed by atoms with Crippen LogP contribution in [0.3, 0.4) is 0 Å². The van der Waals surface area contributed by atoms with E-state index < -0.39 is 11.8 Å². The molecule has 3 aromatic carbocycles. The van der Waals surface area contributed by atoms with Crippen molar-refractivity contribution in [1.82, 2.24) is 5.32 Å². The first-order valence-corrected chi connectivity index (χ1v) is 9.93. The van der Waals surface area contributed by atoms with E-state index in [1.54, 1.807) is 54.6 Å². The Bertz CT molecular complexity index is 1150. The van der Waals surface area contributed by atoms with Crippen molar-refractivity contribution in [1.29, 1.82) is 0 Å². The number of phenolic OH excluding ortho intramolecular Hbond substituents is 1. The van der Waals surface area contributed by atoms with Crippen molar-refractivity contribution in [2.75, 3.05) is 26.6 Å². The third-order valence-corrected chi connectivity index (χ3v) is 4.69. The zero-order valence-electron chi connectivity index (χ0n) is 18.4. The molecule has 0 heterocycles. The molecular weight excluding hydrogens is 424 g/mol. The number of benzene rings is 3. The molecule has 8 nitrogen and oxygen atoms in total. The average Bonchev–Trinajstić information content (AvgIpc) is 2.84. The van der Waals surface area contributed by atoms with E-state index in [-0.39, 0.29) is 11.4 Å². The molecule has 33 heavy (non-hydrogen) atoms. The van der Waals surface area contributed by atoms with Crippen molar-refractivity contribution in [3.63, 3.8) is 0 Å². The first-order chi connectivity index (χ1) is 15.9. The Balaban J connectivity index is 1.92. The molecule has 0 saturated heterocycles. The molecule has 0 aliphatic rings. The summed E-state index contributed by atoms with van der Waals surface area (Å²) in [4.78, 5) is 25.8. The maximum absolute atomic E-state index is 13.0. The summed E-state index contributed by atoms with van der Waals surface area (Å²) in [5, 5.41) is 14.8. The molecule has 0 aliphatic heterocycles. The van der Waals surface area contributed by atoms with E-state index >= 15 is 0 Å². The quantitative estimate of drug-likeness (QED) is 0.357. The predicted octanol–water partition coefficient (Wildman–Crippen LogP) is 3.83. The van der Waals surface area contributed by atoms with Crippen LogP contribution in [0.15, 0.2) is 72.4 Å². The number of carbonyl (C=O) groups is 2.